The van der Waals surface area contributed by atoms with Gasteiger partial charge in [-0.25, -0.2) is 4.68 Å². The standard InChI is InChI=1S/C21H23N5OS/c1-4-15-7-11-17(12-8-15)22-20(27)19-18(16-9-5-13(2)6-10-16)25-26-14(3)23-24-21(26)28-19/h5-12,18-19,25H,4H2,1-3H3,(H,22,27)/t18-,19-/m1/s1. The molecule has 7 heteroatoms. The van der Waals surface area contributed by atoms with E-state index in [1.54, 1.807) is 0 Å². The van der Waals surface area contributed by atoms with Crippen LogP contribution in [0.25, 0.3) is 0 Å². The second-order valence-electron chi connectivity index (χ2n) is 6.96. The molecule has 6 nitrogen and oxygen atoms in total. The lowest BCUT2D eigenvalue weighted by Crippen LogP contribution is -2.41. The van der Waals surface area contributed by atoms with Crippen LogP contribution in [0.3, 0.4) is 0 Å². The summed E-state index contributed by atoms with van der Waals surface area (Å²) in [4.78, 5) is 13.2. The van der Waals surface area contributed by atoms with Gasteiger partial charge >= 0.3 is 0 Å². The molecular formula is C21H23N5OS. The number of aromatic nitrogens is 3. The van der Waals surface area contributed by atoms with Gasteiger partial charge in [-0.1, -0.05) is 60.6 Å². The Morgan fingerprint density at radius 2 is 1.82 bits per heavy atom. The van der Waals surface area contributed by atoms with Crippen LogP contribution in [0.5, 0.6) is 0 Å². The first-order valence-corrected chi connectivity index (χ1v) is 10.2. The molecule has 2 N–H and O–H groups in total. The highest BCUT2D eigenvalue weighted by Crippen LogP contribution is 2.37. The monoisotopic (exact) mass is 393 g/mol. The second-order valence-corrected chi connectivity index (χ2v) is 8.07. The quantitative estimate of drug-likeness (QED) is 0.704. The fourth-order valence-corrected chi connectivity index (χ4v) is 4.35. The first-order chi connectivity index (χ1) is 13.5. The molecule has 2 atom stereocenters. The number of aryl methyl sites for hydroxylation is 3. The summed E-state index contributed by atoms with van der Waals surface area (Å²) in [6, 6.07) is 16.0. The number of carbonyl (C=O) groups is 1. The van der Waals surface area contributed by atoms with E-state index >= 15 is 0 Å². The lowest BCUT2D eigenvalue weighted by atomic mass is 10.0. The molecular weight excluding hydrogens is 370 g/mol. The van der Waals surface area contributed by atoms with Crippen molar-refractivity contribution in [3.8, 4) is 0 Å². The number of benzene rings is 2. The van der Waals surface area contributed by atoms with Gasteiger partial charge < -0.3 is 10.7 Å². The number of rotatable bonds is 4. The highest BCUT2D eigenvalue weighted by molar-refractivity contribution is 8.00. The Morgan fingerprint density at radius 3 is 2.50 bits per heavy atom. The molecule has 3 aromatic rings. The van der Waals surface area contributed by atoms with Crippen LogP contribution in [-0.4, -0.2) is 26.0 Å². The van der Waals surface area contributed by atoms with Crippen molar-refractivity contribution in [3.05, 3.63) is 71.0 Å². The van der Waals surface area contributed by atoms with Crippen molar-refractivity contribution in [1.82, 2.24) is 14.9 Å². The van der Waals surface area contributed by atoms with Crippen LogP contribution in [0.4, 0.5) is 5.69 Å². The van der Waals surface area contributed by atoms with Crippen LogP contribution in [-0.2, 0) is 11.2 Å². The average Bonchev–Trinajstić information content (AvgIpc) is 3.08. The van der Waals surface area contributed by atoms with Gasteiger partial charge in [0.25, 0.3) is 0 Å². The first kappa shape index (κ1) is 18.6. The smallest absolute Gasteiger partial charge is 0.240 e. The molecule has 4 rings (SSSR count). The molecule has 1 amide bonds. The SMILES string of the molecule is CCc1ccc(NC(=O)[C@@H]2Sc3nnc(C)n3N[C@@H]2c2ccc(C)cc2)cc1. The van der Waals surface area contributed by atoms with Crippen LogP contribution in [0.2, 0.25) is 0 Å². The molecule has 2 aromatic carbocycles. The van der Waals surface area contributed by atoms with Gasteiger partial charge in [-0.15, -0.1) is 10.2 Å². The zero-order valence-corrected chi connectivity index (χ0v) is 17.0. The van der Waals surface area contributed by atoms with E-state index in [4.69, 9.17) is 0 Å². The fraction of sp³-hybridized carbons (Fsp3) is 0.286. The number of nitrogens with one attached hydrogen (secondary N) is 2. The Balaban J connectivity index is 1.62. The average molecular weight is 394 g/mol. The predicted molar refractivity (Wildman–Crippen MR) is 112 cm³/mol. The number of nitrogens with zero attached hydrogens (tertiary/aromatic N) is 3. The van der Waals surface area contributed by atoms with Crippen molar-refractivity contribution in [1.29, 1.82) is 0 Å². The summed E-state index contributed by atoms with van der Waals surface area (Å²) in [6.07, 6.45) is 0.973. The van der Waals surface area contributed by atoms with Gasteiger partial charge in [-0.2, -0.15) is 0 Å². The third kappa shape index (κ3) is 3.62. The van der Waals surface area contributed by atoms with E-state index < -0.39 is 0 Å². The van der Waals surface area contributed by atoms with Crippen LogP contribution in [0, 0.1) is 13.8 Å². The molecule has 0 fully saturated rings. The predicted octanol–water partition coefficient (Wildman–Crippen LogP) is 3.86. The number of thioether (sulfide) groups is 1. The lowest BCUT2D eigenvalue weighted by Gasteiger charge is -2.32. The maximum atomic E-state index is 13.2. The number of hydrogen-bond donors (Lipinski definition) is 2. The van der Waals surface area contributed by atoms with Gasteiger partial charge in [0, 0.05) is 5.69 Å². The van der Waals surface area contributed by atoms with Gasteiger partial charge in [0.2, 0.25) is 11.1 Å². The van der Waals surface area contributed by atoms with Crippen molar-refractivity contribution in [3.63, 3.8) is 0 Å². The maximum Gasteiger partial charge on any atom is 0.240 e. The highest BCUT2D eigenvalue weighted by atomic mass is 32.2. The van der Waals surface area contributed by atoms with E-state index in [2.05, 4.69) is 59.1 Å². The summed E-state index contributed by atoms with van der Waals surface area (Å²) in [7, 11) is 0. The van der Waals surface area contributed by atoms with E-state index in [9.17, 15) is 4.79 Å². The largest absolute Gasteiger partial charge is 0.325 e. The minimum Gasteiger partial charge on any atom is -0.325 e. The van der Waals surface area contributed by atoms with E-state index in [-0.39, 0.29) is 17.2 Å². The molecule has 1 aromatic heterocycles. The van der Waals surface area contributed by atoms with Gasteiger partial charge in [-0.3, -0.25) is 4.79 Å². The first-order valence-electron chi connectivity index (χ1n) is 9.36. The molecule has 1 aliphatic heterocycles. The van der Waals surface area contributed by atoms with E-state index in [0.717, 1.165) is 23.5 Å². The van der Waals surface area contributed by atoms with Crippen molar-refractivity contribution in [2.45, 2.75) is 43.6 Å². The summed E-state index contributed by atoms with van der Waals surface area (Å²) in [5.41, 5.74) is 7.71. The summed E-state index contributed by atoms with van der Waals surface area (Å²) < 4.78 is 1.86. The Kier molecular flexibility index (Phi) is 5.09. The minimum atomic E-state index is -0.371. The third-order valence-electron chi connectivity index (χ3n) is 4.92. The van der Waals surface area contributed by atoms with Gasteiger partial charge in [0.05, 0.1) is 6.04 Å². The zero-order valence-electron chi connectivity index (χ0n) is 16.1. The molecule has 144 valence electrons. The Bertz CT molecular complexity index is 981. The molecule has 2 heterocycles. The summed E-state index contributed by atoms with van der Waals surface area (Å²) in [6.45, 7) is 6.06. The van der Waals surface area contributed by atoms with Crippen molar-refractivity contribution in [2.24, 2.45) is 0 Å². The number of amides is 1. The molecule has 0 spiro atoms. The van der Waals surface area contributed by atoms with E-state index in [0.29, 0.717) is 5.16 Å². The number of carbonyl (C=O) groups excluding carboxylic acids is 1. The number of hydrogen-bond acceptors (Lipinski definition) is 5. The minimum absolute atomic E-state index is 0.0563. The molecule has 0 aliphatic carbocycles. The summed E-state index contributed by atoms with van der Waals surface area (Å²) >= 11 is 1.43. The van der Waals surface area contributed by atoms with Gasteiger partial charge in [-0.05, 0) is 43.5 Å². The van der Waals surface area contributed by atoms with Crippen LogP contribution >= 0.6 is 11.8 Å². The Morgan fingerprint density at radius 1 is 1.11 bits per heavy atom. The fourth-order valence-electron chi connectivity index (χ4n) is 3.22. The molecule has 28 heavy (non-hydrogen) atoms. The molecule has 0 radical (unpaired) electrons. The van der Waals surface area contributed by atoms with Crippen LogP contribution in [0.15, 0.2) is 53.7 Å². The van der Waals surface area contributed by atoms with E-state index in [1.165, 1.54) is 22.9 Å². The maximum absolute atomic E-state index is 13.2. The number of fused-ring (bicyclic) bond motifs is 1. The molecule has 0 bridgehead atoms. The molecule has 0 saturated heterocycles. The van der Waals surface area contributed by atoms with Crippen molar-refractivity contribution in [2.75, 3.05) is 10.7 Å². The molecule has 0 unspecified atom stereocenters. The Labute approximate surface area is 168 Å². The third-order valence-corrected chi connectivity index (χ3v) is 6.14. The Hall–Kier alpha value is -2.80. The highest BCUT2D eigenvalue weighted by Gasteiger charge is 2.37. The lowest BCUT2D eigenvalue weighted by molar-refractivity contribution is -0.116. The topological polar surface area (TPSA) is 71.8 Å². The van der Waals surface area contributed by atoms with Crippen molar-refractivity contribution >= 4 is 23.4 Å². The van der Waals surface area contributed by atoms with Crippen molar-refractivity contribution < 1.29 is 4.79 Å². The van der Waals surface area contributed by atoms with Crippen LogP contribution in [0.1, 0.15) is 35.5 Å². The van der Waals surface area contributed by atoms with E-state index in [1.807, 2.05) is 35.9 Å². The molecule has 0 saturated carbocycles. The second kappa shape index (κ2) is 7.67. The van der Waals surface area contributed by atoms with Gasteiger partial charge in [0.15, 0.2) is 0 Å². The molecule has 1 aliphatic rings. The number of anilines is 1. The van der Waals surface area contributed by atoms with Gasteiger partial charge in [0.1, 0.15) is 11.1 Å². The van der Waals surface area contributed by atoms with Crippen LogP contribution < -0.4 is 10.7 Å². The zero-order chi connectivity index (χ0) is 19.7. The summed E-state index contributed by atoms with van der Waals surface area (Å²) in [5.74, 6) is 0.716. The summed E-state index contributed by atoms with van der Waals surface area (Å²) in [5, 5.41) is 11.7. The normalized spacial score (nSPS) is 18.2.